The molecule has 0 saturated heterocycles. The van der Waals surface area contributed by atoms with E-state index in [4.69, 9.17) is 11.6 Å². The second-order valence-corrected chi connectivity index (χ2v) is 8.93. The smallest absolute Gasteiger partial charge is 0.326 e. The van der Waals surface area contributed by atoms with Crippen LogP contribution in [0.3, 0.4) is 0 Å². The summed E-state index contributed by atoms with van der Waals surface area (Å²) in [7, 11) is 0. The molecule has 1 amide bonds. The molecule has 4 rings (SSSR count). The molecule has 1 aliphatic rings. The lowest BCUT2D eigenvalue weighted by molar-refractivity contribution is -0.136. The number of carbonyl (C=O) groups is 1. The number of amides is 1. The average Bonchev–Trinajstić information content (AvgIpc) is 2.78. The van der Waals surface area contributed by atoms with Crippen LogP contribution in [0.15, 0.2) is 54.7 Å². The maximum absolute atomic E-state index is 13.4. The Morgan fingerprint density at radius 2 is 1.75 bits per heavy atom. The van der Waals surface area contributed by atoms with Crippen LogP contribution in [0, 0.1) is 11.8 Å². The van der Waals surface area contributed by atoms with Gasteiger partial charge in [0.25, 0.3) is 0 Å². The highest BCUT2D eigenvalue weighted by molar-refractivity contribution is 6.30. The number of hydrogen-bond acceptors (Lipinski definition) is 2. The Morgan fingerprint density at radius 1 is 1.06 bits per heavy atom. The monoisotopic (exact) mass is 460 g/mol. The van der Waals surface area contributed by atoms with Gasteiger partial charge in [-0.05, 0) is 79.5 Å². The van der Waals surface area contributed by atoms with Gasteiger partial charge in [-0.15, -0.1) is 0 Å². The molecule has 7 heteroatoms. The number of rotatable bonds is 4. The van der Waals surface area contributed by atoms with E-state index >= 15 is 0 Å². The molecule has 3 aromatic rings. The van der Waals surface area contributed by atoms with E-state index in [1.54, 1.807) is 30.3 Å². The minimum Gasteiger partial charge on any atom is -0.326 e. The molecule has 32 heavy (non-hydrogen) atoms. The molecule has 1 aromatic heterocycles. The van der Waals surface area contributed by atoms with Gasteiger partial charge in [0.2, 0.25) is 5.91 Å². The minimum absolute atomic E-state index is 0.00957. The van der Waals surface area contributed by atoms with Crippen LogP contribution in [0.25, 0.3) is 10.9 Å². The number of aromatic nitrogens is 1. The quantitative estimate of drug-likeness (QED) is 0.439. The number of para-hydroxylation sites is 1. The number of halogens is 4. The standard InChI is InChI=1S/C25H24ClF3N2O/c1-15(24(32)31-19-11-9-18(26)10-12-19)16-5-7-17(8-6-16)20-13-14-30-23-21(20)3-2-4-22(23)25(27,28)29/h2-4,9-17H,5-8H2,1H3,(H,31,32)/t15-,16-,17+/m1/s1. The summed E-state index contributed by atoms with van der Waals surface area (Å²) >= 11 is 5.89. The van der Waals surface area contributed by atoms with Gasteiger partial charge in [0.1, 0.15) is 0 Å². The zero-order valence-electron chi connectivity index (χ0n) is 17.6. The fourth-order valence-corrected chi connectivity index (χ4v) is 4.84. The van der Waals surface area contributed by atoms with Crippen molar-refractivity contribution in [3.8, 4) is 0 Å². The van der Waals surface area contributed by atoms with E-state index in [0.29, 0.717) is 16.1 Å². The zero-order chi connectivity index (χ0) is 22.9. The molecule has 0 radical (unpaired) electrons. The largest absolute Gasteiger partial charge is 0.418 e. The highest BCUT2D eigenvalue weighted by atomic mass is 35.5. The van der Waals surface area contributed by atoms with Crippen molar-refractivity contribution in [1.29, 1.82) is 0 Å². The van der Waals surface area contributed by atoms with Gasteiger partial charge in [0.15, 0.2) is 0 Å². The molecule has 1 fully saturated rings. The minimum atomic E-state index is -4.43. The van der Waals surface area contributed by atoms with Crippen molar-refractivity contribution < 1.29 is 18.0 Å². The van der Waals surface area contributed by atoms with Crippen LogP contribution in [0.2, 0.25) is 5.02 Å². The first-order valence-corrected chi connectivity index (χ1v) is 11.1. The third kappa shape index (κ3) is 4.75. The Morgan fingerprint density at radius 3 is 2.41 bits per heavy atom. The molecule has 1 saturated carbocycles. The van der Waals surface area contributed by atoms with E-state index in [1.807, 2.05) is 13.0 Å². The number of pyridine rings is 1. The predicted octanol–water partition coefficient (Wildman–Crippen LogP) is 7.46. The van der Waals surface area contributed by atoms with E-state index in [-0.39, 0.29) is 29.2 Å². The predicted molar refractivity (Wildman–Crippen MR) is 121 cm³/mol. The summed E-state index contributed by atoms with van der Waals surface area (Å²) in [5.41, 5.74) is 0.940. The summed E-state index contributed by atoms with van der Waals surface area (Å²) in [5.74, 6) is 0.210. The highest BCUT2D eigenvalue weighted by Crippen LogP contribution is 2.42. The summed E-state index contributed by atoms with van der Waals surface area (Å²) < 4.78 is 40.2. The Kier molecular flexibility index (Phi) is 6.42. The summed E-state index contributed by atoms with van der Waals surface area (Å²) in [6.45, 7) is 1.94. The number of alkyl halides is 3. The Balaban J connectivity index is 1.45. The van der Waals surface area contributed by atoms with Gasteiger partial charge in [0, 0.05) is 28.2 Å². The number of fused-ring (bicyclic) bond motifs is 1. The second-order valence-electron chi connectivity index (χ2n) is 8.50. The molecule has 0 aliphatic heterocycles. The van der Waals surface area contributed by atoms with Crippen LogP contribution in [-0.2, 0) is 11.0 Å². The first kappa shape index (κ1) is 22.6. The summed E-state index contributed by atoms with van der Waals surface area (Å²) in [6.07, 6.45) is 0.402. The third-order valence-electron chi connectivity index (χ3n) is 6.55. The van der Waals surface area contributed by atoms with E-state index in [2.05, 4.69) is 10.3 Å². The molecular formula is C25H24ClF3N2O. The number of nitrogens with zero attached hydrogens (tertiary/aromatic N) is 1. The zero-order valence-corrected chi connectivity index (χ0v) is 18.4. The van der Waals surface area contributed by atoms with Gasteiger partial charge in [-0.2, -0.15) is 13.2 Å². The SMILES string of the molecule is C[C@@H](C(=O)Nc1ccc(Cl)cc1)[C@H]1CC[C@@H](c2ccnc3c(C(F)(F)F)cccc32)CC1. The highest BCUT2D eigenvalue weighted by Gasteiger charge is 2.34. The van der Waals surface area contributed by atoms with Gasteiger partial charge < -0.3 is 5.32 Å². The number of nitrogens with one attached hydrogen (secondary N) is 1. The van der Waals surface area contributed by atoms with Gasteiger partial charge in [-0.25, -0.2) is 0 Å². The van der Waals surface area contributed by atoms with E-state index in [9.17, 15) is 18.0 Å². The molecule has 1 atom stereocenters. The molecule has 0 bridgehead atoms. The van der Waals surface area contributed by atoms with Gasteiger partial charge in [0.05, 0.1) is 11.1 Å². The number of benzene rings is 2. The van der Waals surface area contributed by atoms with Crippen molar-refractivity contribution >= 4 is 34.1 Å². The number of carbonyl (C=O) groups excluding carboxylic acids is 1. The molecule has 1 heterocycles. The van der Waals surface area contributed by atoms with Crippen molar-refractivity contribution in [2.24, 2.45) is 11.8 Å². The third-order valence-corrected chi connectivity index (χ3v) is 6.81. The second kappa shape index (κ2) is 9.10. The molecule has 3 nitrogen and oxygen atoms in total. The normalized spacial score (nSPS) is 20.2. The first-order valence-electron chi connectivity index (χ1n) is 10.8. The van der Waals surface area contributed by atoms with Crippen LogP contribution < -0.4 is 5.32 Å². The fraction of sp³-hybridized carbons (Fsp3) is 0.360. The Hall–Kier alpha value is -2.60. The van der Waals surface area contributed by atoms with E-state index in [0.717, 1.165) is 37.3 Å². The lowest BCUT2D eigenvalue weighted by atomic mass is 9.73. The van der Waals surface area contributed by atoms with E-state index in [1.165, 1.54) is 12.3 Å². The summed E-state index contributed by atoms with van der Waals surface area (Å²) in [4.78, 5) is 16.7. The van der Waals surface area contributed by atoms with Crippen molar-refractivity contribution in [2.45, 2.75) is 44.7 Å². The van der Waals surface area contributed by atoms with Gasteiger partial charge in [-0.3, -0.25) is 9.78 Å². The molecule has 0 spiro atoms. The summed E-state index contributed by atoms with van der Waals surface area (Å²) in [6, 6.07) is 13.1. The molecule has 2 aromatic carbocycles. The molecule has 0 unspecified atom stereocenters. The lowest BCUT2D eigenvalue weighted by Gasteiger charge is -2.32. The number of hydrogen-bond donors (Lipinski definition) is 1. The van der Waals surface area contributed by atoms with Crippen molar-refractivity contribution in [3.05, 3.63) is 70.9 Å². The van der Waals surface area contributed by atoms with Crippen molar-refractivity contribution in [1.82, 2.24) is 4.98 Å². The maximum atomic E-state index is 13.4. The van der Waals surface area contributed by atoms with E-state index < -0.39 is 11.7 Å². The lowest BCUT2D eigenvalue weighted by Crippen LogP contribution is -2.29. The van der Waals surface area contributed by atoms with Crippen molar-refractivity contribution in [2.75, 3.05) is 5.32 Å². The molecule has 168 valence electrons. The molecular weight excluding hydrogens is 437 g/mol. The number of anilines is 1. The van der Waals surface area contributed by atoms with Crippen LogP contribution in [-0.4, -0.2) is 10.9 Å². The summed E-state index contributed by atoms with van der Waals surface area (Å²) in [5, 5.41) is 4.12. The van der Waals surface area contributed by atoms with Crippen LogP contribution in [0.4, 0.5) is 18.9 Å². The first-order chi connectivity index (χ1) is 15.2. The van der Waals surface area contributed by atoms with Crippen LogP contribution >= 0.6 is 11.6 Å². The maximum Gasteiger partial charge on any atom is 0.418 e. The van der Waals surface area contributed by atoms with Gasteiger partial charge in [-0.1, -0.05) is 30.7 Å². The molecule has 1 aliphatic carbocycles. The topological polar surface area (TPSA) is 42.0 Å². The van der Waals surface area contributed by atoms with Crippen molar-refractivity contribution in [3.63, 3.8) is 0 Å². The Bertz CT molecular complexity index is 1110. The fourth-order valence-electron chi connectivity index (χ4n) is 4.72. The average molecular weight is 461 g/mol. The van der Waals surface area contributed by atoms with Crippen LogP contribution in [0.5, 0.6) is 0 Å². The molecule has 1 N–H and O–H groups in total. The Labute approximate surface area is 190 Å². The van der Waals surface area contributed by atoms with Gasteiger partial charge >= 0.3 is 6.18 Å². The van der Waals surface area contributed by atoms with Crippen LogP contribution in [0.1, 0.15) is 49.7 Å².